The van der Waals surface area contributed by atoms with Crippen molar-refractivity contribution in [1.82, 2.24) is 24.7 Å². The summed E-state index contributed by atoms with van der Waals surface area (Å²) >= 11 is 12.5. The number of rotatable bonds is 4. The summed E-state index contributed by atoms with van der Waals surface area (Å²) in [6, 6.07) is 1.64. The summed E-state index contributed by atoms with van der Waals surface area (Å²) in [5, 5.41) is 8.33. The van der Waals surface area contributed by atoms with Crippen LogP contribution in [-0.2, 0) is 6.54 Å². The van der Waals surface area contributed by atoms with E-state index in [-0.39, 0.29) is 11.8 Å². The van der Waals surface area contributed by atoms with E-state index in [4.69, 9.17) is 32.7 Å². The Morgan fingerprint density at radius 2 is 1.68 bits per heavy atom. The summed E-state index contributed by atoms with van der Waals surface area (Å²) in [5.41, 5.74) is 1.85. The van der Waals surface area contributed by atoms with Crippen LogP contribution >= 0.6 is 23.2 Å². The summed E-state index contributed by atoms with van der Waals surface area (Å²) in [5.74, 6) is 0.557. The minimum absolute atomic E-state index is 0.276. The molecule has 114 valence electrons. The van der Waals surface area contributed by atoms with Gasteiger partial charge in [0.25, 0.3) is 11.8 Å². The second-order valence-corrected chi connectivity index (χ2v) is 5.18. The second-order valence-electron chi connectivity index (χ2n) is 4.40. The zero-order valence-electron chi connectivity index (χ0n) is 11.7. The SMILES string of the molecule is COc1nc2cc(Cl)c(Cl)c(Cn3cnnc3)c2nc1OC. The molecule has 7 nitrogen and oxygen atoms in total. The molecule has 22 heavy (non-hydrogen) atoms. The highest BCUT2D eigenvalue weighted by atomic mass is 35.5. The zero-order chi connectivity index (χ0) is 15.7. The van der Waals surface area contributed by atoms with Crippen molar-refractivity contribution in [3.8, 4) is 11.8 Å². The van der Waals surface area contributed by atoms with E-state index in [1.807, 2.05) is 0 Å². The van der Waals surface area contributed by atoms with E-state index in [1.54, 1.807) is 23.3 Å². The molecule has 0 saturated carbocycles. The fourth-order valence-corrected chi connectivity index (χ4v) is 2.49. The highest BCUT2D eigenvalue weighted by molar-refractivity contribution is 6.43. The van der Waals surface area contributed by atoms with E-state index in [1.165, 1.54) is 14.2 Å². The third-order valence-corrected chi connectivity index (χ3v) is 3.91. The lowest BCUT2D eigenvalue weighted by atomic mass is 10.1. The molecule has 2 aromatic heterocycles. The van der Waals surface area contributed by atoms with Gasteiger partial charge in [-0.1, -0.05) is 23.2 Å². The van der Waals surface area contributed by atoms with E-state index >= 15 is 0 Å². The summed E-state index contributed by atoms with van der Waals surface area (Å²) in [4.78, 5) is 8.80. The number of hydrogen-bond donors (Lipinski definition) is 0. The largest absolute Gasteiger partial charge is 0.477 e. The Morgan fingerprint density at radius 1 is 1.05 bits per heavy atom. The highest BCUT2D eigenvalue weighted by Gasteiger charge is 2.17. The van der Waals surface area contributed by atoms with Gasteiger partial charge in [0.2, 0.25) is 0 Å². The summed E-state index contributed by atoms with van der Waals surface area (Å²) in [6.45, 7) is 0.410. The number of methoxy groups -OCH3 is 2. The van der Waals surface area contributed by atoms with Gasteiger partial charge in [-0.05, 0) is 6.07 Å². The standard InChI is InChI=1S/C13H11Cl2N5O2/c1-21-12-13(22-2)19-11-7(4-20-5-16-17-6-20)10(15)8(14)3-9(11)18-12/h3,5-6H,4H2,1-2H3. The first-order chi connectivity index (χ1) is 10.6. The van der Waals surface area contributed by atoms with Crippen molar-refractivity contribution in [3.63, 3.8) is 0 Å². The van der Waals surface area contributed by atoms with Crippen LogP contribution in [0.2, 0.25) is 10.0 Å². The number of hydrogen-bond acceptors (Lipinski definition) is 6. The predicted molar refractivity (Wildman–Crippen MR) is 81.8 cm³/mol. The Kier molecular flexibility index (Phi) is 4.00. The molecule has 0 spiro atoms. The average Bonchev–Trinajstić information content (AvgIpc) is 3.03. The zero-order valence-corrected chi connectivity index (χ0v) is 13.3. The van der Waals surface area contributed by atoms with Crippen LogP contribution in [0, 0.1) is 0 Å². The third-order valence-electron chi connectivity index (χ3n) is 3.08. The van der Waals surface area contributed by atoms with E-state index in [0.717, 1.165) is 0 Å². The first-order valence-electron chi connectivity index (χ1n) is 6.23. The molecule has 0 saturated heterocycles. The minimum Gasteiger partial charge on any atom is -0.477 e. The Hall–Kier alpha value is -2.12. The van der Waals surface area contributed by atoms with Gasteiger partial charge in [-0.2, -0.15) is 0 Å². The maximum atomic E-state index is 6.33. The lowest BCUT2D eigenvalue weighted by molar-refractivity contribution is 0.334. The fraction of sp³-hybridized carbons (Fsp3) is 0.231. The average molecular weight is 340 g/mol. The molecular weight excluding hydrogens is 329 g/mol. The van der Waals surface area contributed by atoms with Crippen molar-refractivity contribution in [1.29, 1.82) is 0 Å². The van der Waals surface area contributed by atoms with Gasteiger partial charge in [-0.3, -0.25) is 0 Å². The quantitative estimate of drug-likeness (QED) is 0.727. The molecule has 0 unspecified atom stereocenters. The van der Waals surface area contributed by atoms with Crippen LogP contribution in [0.4, 0.5) is 0 Å². The van der Waals surface area contributed by atoms with Crippen molar-refractivity contribution in [2.45, 2.75) is 6.54 Å². The number of fused-ring (bicyclic) bond motifs is 1. The number of nitrogens with zero attached hydrogens (tertiary/aromatic N) is 5. The molecule has 0 radical (unpaired) electrons. The highest BCUT2D eigenvalue weighted by Crippen LogP contribution is 2.35. The maximum absolute atomic E-state index is 6.33. The second kappa shape index (κ2) is 5.94. The molecule has 3 aromatic rings. The van der Waals surface area contributed by atoms with Gasteiger partial charge >= 0.3 is 0 Å². The van der Waals surface area contributed by atoms with Crippen LogP contribution in [0.3, 0.4) is 0 Å². The molecule has 0 aliphatic heterocycles. The van der Waals surface area contributed by atoms with Crippen LogP contribution < -0.4 is 9.47 Å². The van der Waals surface area contributed by atoms with Gasteiger partial charge < -0.3 is 14.0 Å². The Balaban J connectivity index is 2.25. The molecule has 0 aliphatic rings. The van der Waals surface area contributed by atoms with Crippen molar-refractivity contribution in [2.24, 2.45) is 0 Å². The number of aromatic nitrogens is 5. The molecule has 1 aromatic carbocycles. The van der Waals surface area contributed by atoms with Crippen LogP contribution in [0.25, 0.3) is 11.0 Å². The summed E-state index contributed by atoms with van der Waals surface area (Å²) < 4.78 is 12.1. The monoisotopic (exact) mass is 339 g/mol. The molecule has 0 bridgehead atoms. The Labute approximate surface area is 135 Å². The molecular formula is C13H11Cl2N5O2. The van der Waals surface area contributed by atoms with Crippen LogP contribution in [0.15, 0.2) is 18.7 Å². The fourth-order valence-electron chi connectivity index (χ4n) is 2.07. The maximum Gasteiger partial charge on any atom is 0.278 e. The van der Waals surface area contributed by atoms with Crippen molar-refractivity contribution >= 4 is 34.2 Å². The number of ether oxygens (including phenoxy) is 2. The van der Waals surface area contributed by atoms with E-state index in [0.29, 0.717) is 33.2 Å². The molecule has 2 heterocycles. The molecule has 0 fully saturated rings. The third kappa shape index (κ3) is 2.53. The first kappa shape index (κ1) is 14.8. The topological polar surface area (TPSA) is 75.0 Å². The molecule has 0 atom stereocenters. The van der Waals surface area contributed by atoms with Gasteiger partial charge in [0.1, 0.15) is 12.7 Å². The predicted octanol–water partition coefficient (Wildman–Crippen LogP) is 2.59. The lowest BCUT2D eigenvalue weighted by Gasteiger charge is -2.12. The van der Waals surface area contributed by atoms with Crippen LogP contribution in [0.1, 0.15) is 5.56 Å². The lowest BCUT2D eigenvalue weighted by Crippen LogP contribution is -2.03. The van der Waals surface area contributed by atoms with Crippen molar-refractivity contribution in [2.75, 3.05) is 14.2 Å². The molecule has 0 N–H and O–H groups in total. The summed E-state index contributed by atoms with van der Waals surface area (Å²) in [6.07, 6.45) is 3.16. The van der Waals surface area contributed by atoms with Crippen molar-refractivity contribution in [3.05, 3.63) is 34.3 Å². The van der Waals surface area contributed by atoms with Gasteiger partial charge in [0, 0.05) is 5.56 Å². The van der Waals surface area contributed by atoms with E-state index in [9.17, 15) is 0 Å². The van der Waals surface area contributed by atoms with Gasteiger partial charge in [0.15, 0.2) is 0 Å². The van der Waals surface area contributed by atoms with Gasteiger partial charge in [0.05, 0.1) is 41.8 Å². The first-order valence-corrected chi connectivity index (χ1v) is 6.98. The van der Waals surface area contributed by atoms with Crippen LogP contribution in [-0.4, -0.2) is 39.0 Å². The van der Waals surface area contributed by atoms with E-state index < -0.39 is 0 Å². The molecule has 0 amide bonds. The normalized spacial score (nSPS) is 10.9. The molecule has 3 rings (SSSR count). The van der Waals surface area contributed by atoms with Gasteiger partial charge in [-0.15, -0.1) is 10.2 Å². The van der Waals surface area contributed by atoms with E-state index in [2.05, 4.69) is 20.2 Å². The smallest absolute Gasteiger partial charge is 0.278 e. The molecule has 0 aliphatic carbocycles. The molecule has 9 heteroatoms. The Bertz CT molecular complexity index is 823. The number of halogens is 2. The Morgan fingerprint density at radius 3 is 2.32 bits per heavy atom. The minimum atomic E-state index is 0.276. The van der Waals surface area contributed by atoms with Crippen molar-refractivity contribution < 1.29 is 9.47 Å². The summed E-state index contributed by atoms with van der Waals surface area (Å²) in [7, 11) is 2.99. The van der Waals surface area contributed by atoms with Gasteiger partial charge in [-0.25, -0.2) is 9.97 Å². The number of benzene rings is 1. The van der Waals surface area contributed by atoms with Crippen LogP contribution in [0.5, 0.6) is 11.8 Å².